The predicted octanol–water partition coefficient (Wildman–Crippen LogP) is 3.07. The molecular formula is C21H22FN3O4S. The number of hydrogen-bond donors (Lipinski definition) is 0. The number of ether oxygens (including phenoxy) is 1. The first kappa shape index (κ1) is 20.6. The first-order valence-corrected chi connectivity index (χ1v) is 11.2. The molecule has 0 amide bonds. The molecular weight excluding hydrogens is 409 g/mol. The highest BCUT2D eigenvalue weighted by atomic mass is 32.2. The summed E-state index contributed by atoms with van der Waals surface area (Å²) in [7, 11) is -2.07. The minimum atomic E-state index is -3.65. The van der Waals surface area contributed by atoms with E-state index >= 15 is 0 Å². The molecule has 7 nitrogen and oxygen atoms in total. The number of methoxy groups -OCH3 is 1. The molecule has 3 aromatic rings. The van der Waals surface area contributed by atoms with Gasteiger partial charge >= 0.3 is 0 Å². The van der Waals surface area contributed by atoms with Crippen LogP contribution in [0.25, 0.3) is 11.5 Å². The Hall–Kier alpha value is -2.62. The number of halogens is 1. The van der Waals surface area contributed by atoms with Crippen LogP contribution in [0.15, 0.2) is 59.0 Å². The summed E-state index contributed by atoms with van der Waals surface area (Å²) in [6.07, 6.45) is 0. The Morgan fingerprint density at radius 1 is 1.13 bits per heavy atom. The van der Waals surface area contributed by atoms with Gasteiger partial charge in [0.05, 0.1) is 18.3 Å². The van der Waals surface area contributed by atoms with Gasteiger partial charge in [0, 0.05) is 31.7 Å². The summed E-state index contributed by atoms with van der Waals surface area (Å²) in [5.74, 6) is -0.352. The number of aromatic nitrogens is 2. The van der Waals surface area contributed by atoms with Gasteiger partial charge in [-0.3, -0.25) is 0 Å². The van der Waals surface area contributed by atoms with Crippen LogP contribution in [0.2, 0.25) is 0 Å². The van der Waals surface area contributed by atoms with Gasteiger partial charge in [-0.25, -0.2) is 17.1 Å². The normalized spacial score (nSPS) is 19.9. The quantitative estimate of drug-likeness (QED) is 0.572. The average Bonchev–Trinajstić information content (AvgIpc) is 3.36. The second-order valence-corrected chi connectivity index (χ2v) is 9.31. The van der Waals surface area contributed by atoms with Gasteiger partial charge in [-0.05, 0) is 29.8 Å². The Morgan fingerprint density at radius 2 is 1.93 bits per heavy atom. The smallest absolute Gasteiger partial charge is 0.247 e. The molecule has 0 N–H and O–H groups in total. The summed E-state index contributed by atoms with van der Waals surface area (Å²) >= 11 is 0. The monoisotopic (exact) mass is 431 g/mol. The number of nitrogens with zero attached hydrogens (tertiary/aromatic N) is 3. The Bertz CT molecular complexity index is 1100. The molecule has 0 unspecified atom stereocenters. The van der Waals surface area contributed by atoms with Gasteiger partial charge in [-0.2, -0.15) is 0 Å². The fraction of sp³-hybridized carbons (Fsp3) is 0.333. The van der Waals surface area contributed by atoms with Gasteiger partial charge in [0.15, 0.2) is 0 Å². The van der Waals surface area contributed by atoms with Crippen molar-refractivity contribution in [1.29, 1.82) is 0 Å². The molecule has 2 atom stereocenters. The summed E-state index contributed by atoms with van der Waals surface area (Å²) in [4.78, 5) is 0. The Labute approximate surface area is 174 Å². The van der Waals surface area contributed by atoms with Gasteiger partial charge in [-0.15, -0.1) is 10.2 Å². The Kier molecular flexibility index (Phi) is 5.94. The average molecular weight is 431 g/mol. The molecule has 2 aromatic carbocycles. The SMILES string of the molecule is COC[C@@H]1CN(S(=O)(=O)Cc2cccc(F)c2)C[C@H]1c1nnc(-c2ccccc2)o1. The van der Waals surface area contributed by atoms with Gasteiger partial charge in [0.25, 0.3) is 0 Å². The number of benzene rings is 2. The molecule has 0 spiro atoms. The molecule has 158 valence electrons. The van der Waals surface area contributed by atoms with Crippen molar-refractivity contribution in [2.75, 3.05) is 26.8 Å². The third kappa shape index (κ3) is 4.43. The summed E-state index contributed by atoms with van der Waals surface area (Å²) in [6.45, 7) is 0.848. The number of rotatable bonds is 7. The maximum Gasteiger partial charge on any atom is 0.247 e. The number of hydrogen-bond acceptors (Lipinski definition) is 6. The van der Waals surface area contributed by atoms with Crippen LogP contribution < -0.4 is 0 Å². The van der Waals surface area contributed by atoms with Crippen LogP contribution in [0.5, 0.6) is 0 Å². The van der Waals surface area contributed by atoms with Crippen LogP contribution in [0.4, 0.5) is 4.39 Å². The fourth-order valence-electron chi connectivity index (χ4n) is 3.73. The van der Waals surface area contributed by atoms with Crippen molar-refractivity contribution >= 4 is 10.0 Å². The summed E-state index contributed by atoms with van der Waals surface area (Å²) < 4.78 is 52.0. The van der Waals surface area contributed by atoms with Gasteiger partial charge < -0.3 is 9.15 Å². The van der Waals surface area contributed by atoms with E-state index in [-0.39, 0.29) is 30.7 Å². The van der Waals surface area contributed by atoms with Crippen LogP contribution in [0.3, 0.4) is 0 Å². The summed E-state index contributed by atoms with van der Waals surface area (Å²) in [5, 5.41) is 8.30. The molecule has 4 rings (SSSR count). The third-order valence-electron chi connectivity index (χ3n) is 5.20. The number of sulfonamides is 1. The van der Waals surface area contributed by atoms with E-state index in [1.165, 1.54) is 22.5 Å². The van der Waals surface area contributed by atoms with Crippen LogP contribution in [-0.2, 0) is 20.5 Å². The van der Waals surface area contributed by atoms with Crippen molar-refractivity contribution in [2.45, 2.75) is 11.7 Å². The zero-order valence-corrected chi connectivity index (χ0v) is 17.3. The molecule has 1 fully saturated rings. The first-order valence-electron chi connectivity index (χ1n) is 9.56. The minimum Gasteiger partial charge on any atom is -0.420 e. The molecule has 1 aromatic heterocycles. The Morgan fingerprint density at radius 3 is 2.67 bits per heavy atom. The molecule has 1 saturated heterocycles. The van der Waals surface area contributed by atoms with E-state index < -0.39 is 15.8 Å². The van der Waals surface area contributed by atoms with Gasteiger partial charge in [0.1, 0.15) is 5.82 Å². The zero-order valence-electron chi connectivity index (χ0n) is 16.4. The predicted molar refractivity (Wildman–Crippen MR) is 108 cm³/mol. The first-order chi connectivity index (χ1) is 14.5. The summed E-state index contributed by atoms with van der Waals surface area (Å²) in [5.41, 5.74) is 1.21. The second-order valence-electron chi connectivity index (χ2n) is 7.34. The van der Waals surface area contributed by atoms with E-state index in [4.69, 9.17) is 9.15 Å². The lowest BCUT2D eigenvalue weighted by Crippen LogP contribution is -2.30. The molecule has 9 heteroatoms. The van der Waals surface area contributed by atoms with Crippen LogP contribution in [0, 0.1) is 11.7 Å². The van der Waals surface area contributed by atoms with Crippen LogP contribution in [0.1, 0.15) is 17.4 Å². The van der Waals surface area contributed by atoms with Crippen molar-refractivity contribution in [1.82, 2.24) is 14.5 Å². The molecule has 30 heavy (non-hydrogen) atoms. The van der Waals surface area contributed by atoms with E-state index in [2.05, 4.69) is 10.2 Å². The highest BCUT2D eigenvalue weighted by Crippen LogP contribution is 2.35. The Balaban J connectivity index is 1.55. The van der Waals surface area contributed by atoms with Crippen molar-refractivity contribution < 1.29 is 22.0 Å². The second kappa shape index (κ2) is 8.63. The zero-order chi connectivity index (χ0) is 21.1. The van der Waals surface area contributed by atoms with E-state index in [9.17, 15) is 12.8 Å². The van der Waals surface area contributed by atoms with Crippen molar-refractivity contribution in [2.24, 2.45) is 5.92 Å². The highest BCUT2D eigenvalue weighted by Gasteiger charge is 2.42. The molecule has 1 aliphatic heterocycles. The van der Waals surface area contributed by atoms with Gasteiger partial charge in [-0.1, -0.05) is 30.3 Å². The largest absolute Gasteiger partial charge is 0.420 e. The standard InChI is InChI=1S/C21H22FN3O4S/c1-28-13-17-11-25(30(26,27)14-15-6-5-9-18(22)10-15)12-19(17)21-24-23-20(29-21)16-7-3-2-4-8-16/h2-10,17,19H,11-14H2,1H3/t17-,19+/m0/s1. The van der Waals surface area contributed by atoms with E-state index in [0.717, 1.165) is 5.56 Å². The molecule has 2 heterocycles. The summed E-state index contributed by atoms with van der Waals surface area (Å²) in [6, 6.07) is 15.0. The highest BCUT2D eigenvalue weighted by molar-refractivity contribution is 7.88. The third-order valence-corrected chi connectivity index (χ3v) is 6.98. The maximum atomic E-state index is 13.5. The van der Waals surface area contributed by atoms with Crippen LogP contribution in [-0.4, -0.2) is 49.7 Å². The van der Waals surface area contributed by atoms with Crippen molar-refractivity contribution in [3.8, 4) is 11.5 Å². The maximum absolute atomic E-state index is 13.5. The molecule has 0 saturated carbocycles. The molecule has 0 bridgehead atoms. The fourth-order valence-corrected chi connectivity index (χ4v) is 5.32. The minimum absolute atomic E-state index is 0.124. The molecule has 0 radical (unpaired) electrons. The lowest BCUT2D eigenvalue weighted by molar-refractivity contribution is 0.147. The lowest BCUT2D eigenvalue weighted by atomic mass is 9.97. The van der Waals surface area contributed by atoms with Crippen molar-refractivity contribution in [3.05, 3.63) is 71.9 Å². The van der Waals surface area contributed by atoms with E-state index in [0.29, 0.717) is 24.0 Å². The van der Waals surface area contributed by atoms with Gasteiger partial charge in [0.2, 0.25) is 21.8 Å². The van der Waals surface area contributed by atoms with Crippen LogP contribution >= 0.6 is 0 Å². The van der Waals surface area contributed by atoms with E-state index in [1.807, 2.05) is 30.3 Å². The van der Waals surface area contributed by atoms with E-state index in [1.54, 1.807) is 13.2 Å². The lowest BCUT2D eigenvalue weighted by Gasteiger charge is -2.16. The molecule has 0 aliphatic carbocycles. The van der Waals surface area contributed by atoms with Crippen molar-refractivity contribution in [3.63, 3.8) is 0 Å². The molecule has 1 aliphatic rings. The topological polar surface area (TPSA) is 85.5 Å².